The second-order valence-electron chi connectivity index (χ2n) is 29.6. The van der Waals surface area contributed by atoms with Crippen molar-refractivity contribution in [1.29, 1.82) is 0 Å². The summed E-state index contributed by atoms with van der Waals surface area (Å²) >= 11 is 0. The molecule has 93 heavy (non-hydrogen) atoms. The van der Waals surface area contributed by atoms with E-state index in [1.54, 1.807) is 0 Å². The Bertz CT molecular complexity index is 1350. The molecule has 0 saturated carbocycles. The summed E-state index contributed by atoms with van der Waals surface area (Å²) in [5.74, 6) is -0.902. The number of hydrogen-bond donors (Lipinski definition) is 0. The van der Waals surface area contributed by atoms with Crippen molar-refractivity contribution in [3.63, 3.8) is 0 Å². The molecule has 0 aromatic heterocycles. The molecule has 0 saturated heterocycles. The number of carbonyl (C=O) groups excluding carboxylic acids is 4. The molecule has 0 unspecified atom stereocenters. The van der Waals surface area contributed by atoms with Crippen LogP contribution in [-0.2, 0) is 42.9 Å². The van der Waals surface area contributed by atoms with Crippen LogP contribution in [0.25, 0.3) is 0 Å². The van der Waals surface area contributed by atoms with Crippen molar-refractivity contribution in [3.8, 4) is 0 Å². The SMILES string of the molecule is CCCCCCCCCCCCCCCCCC(=O)OCC(CC)(COCC(CC)(COC(=O)CCCCCCCCCCCCCCCCC)COC(=O)CCCCCCCCCCCCCCCCC)COC(=O)CCCCCCCCCCCCCCCCC. The lowest BCUT2D eigenvalue weighted by Gasteiger charge is -2.35. The van der Waals surface area contributed by atoms with Crippen LogP contribution in [-0.4, -0.2) is 63.5 Å². The van der Waals surface area contributed by atoms with E-state index in [0.717, 1.165) is 77.0 Å². The number of esters is 4. The van der Waals surface area contributed by atoms with Crippen molar-refractivity contribution >= 4 is 23.9 Å². The predicted molar refractivity (Wildman–Crippen MR) is 398 cm³/mol. The fraction of sp³-hybridized carbons (Fsp3) is 0.952. The fourth-order valence-corrected chi connectivity index (χ4v) is 13.1. The molecule has 0 heterocycles. The van der Waals surface area contributed by atoms with Crippen molar-refractivity contribution in [2.24, 2.45) is 10.8 Å². The summed E-state index contributed by atoms with van der Waals surface area (Å²) in [7, 11) is 0. The van der Waals surface area contributed by atoms with Crippen LogP contribution in [0, 0.1) is 10.8 Å². The maximum Gasteiger partial charge on any atom is 0.305 e. The standard InChI is InChI=1S/C84H162O9/c1-7-13-17-21-25-29-33-37-41-45-49-53-57-61-65-69-79(85)90-75-83(11-5,76-91-80(86)70-66-62-58-54-50-46-42-38-34-30-26-22-18-14-8-2)73-89-74-84(12-6,77-92-81(87)71-67-63-59-55-51-47-43-39-35-31-27-23-19-15-9-3)78-93-82(88)72-68-64-60-56-52-48-44-40-36-32-28-24-20-16-10-4/h7-78H2,1-6H3. The summed E-state index contributed by atoms with van der Waals surface area (Å²) in [6.07, 6.45) is 78.7. The lowest BCUT2D eigenvalue weighted by Crippen LogP contribution is -2.42. The van der Waals surface area contributed by atoms with Gasteiger partial charge in [-0.05, 0) is 38.5 Å². The third-order valence-electron chi connectivity index (χ3n) is 20.4. The average Bonchev–Trinajstić information content (AvgIpc) is 1.22. The Labute approximate surface area is 579 Å². The Balaban J connectivity index is 5.60. The topological polar surface area (TPSA) is 114 Å². The molecule has 9 heteroatoms. The van der Waals surface area contributed by atoms with Gasteiger partial charge in [0.2, 0.25) is 0 Å². The summed E-state index contributed by atoms with van der Waals surface area (Å²) < 4.78 is 30.9. The third-order valence-corrected chi connectivity index (χ3v) is 20.4. The molecule has 0 atom stereocenters. The predicted octanol–water partition coefficient (Wildman–Crippen LogP) is 27.0. The molecule has 0 radical (unpaired) electrons. The van der Waals surface area contributed by atoms with Crippen LogP contribution >= 0.6 is 0 Å². The monoisotopic (exact) mass is 1320 g/mol. The van der Waals surface area contributed by atoms with Crippen LogP contribution in [0.3, 0.4) is 0 Å². The summed E-state index contributed by atoms with van der Waals surface area (Å²) in [6.45, 7) is 13.9. The Kier molecular flexibility index (Phi) is 70.9. The van der Waals surface area contributed by atoms with E-state index in [-0.39, 0.29) is 63.5 Å². The van der Waals surface area contributed by atoms with E-state index in [9.17, 15) is 19.2 Å². The van der Waals surface area contributed by atoms with Gasteiger partial charge < -0.3 is 23.7 Å². The summed E-state index contributed by atoms with van der Waals surface area (Å²) in [5.41, 5.74) is -1.55. The molecule has 0 rings (SSSR count). The van der Waals surface area contributed by atoms with Crippen LogP contribution in [0.15, 0.2) is 0 Å². The van der Waals surface area contributed by atoms with Gasteiger partial charge in [-0.15, -0.1) is 0 Å². The maximum absolute atomic E-state index is 13.4. The van der Waals surface area contributed by atoms with Gasteiger partial charge in [-0.3, -0.25) is 19.2 Å². The first kappa shape index (κ1) is 90.8. The average molecular weight is 1320 g/mol. The molecule has 0 aromatic rings. The van der Waals surface area contributed by atoms with E-state index in [1.807, 2.05) is 13.8 Å². The van der Waals surface area contributed by atoms with Gasteiger partial charge in [0.25, 0.3) is 0 Å². The minimum absolute atomic E-state index is 0.0783. The molecule has 0 N–H and O–H groups in total. The van der Waals surface area contributed by atoms with Crippen LogP contribution in [0.5, 0.6) is 0 Å². The van der Waals surface area contributed by atoms with E-state index < -0.39 is 10.8 Å². The van der Waals surface area contributed by atoms with Gasteiger partial charge >= 0.3 is 23.9 Å². The van der Waals surface area contributed by atoms with Crippen LogP contribution in [0.2, 0.25) is 0 Å². The van der Waals surface area contributed by atoms with Gasteiger partial charge in [0.1, 0.15) is 26.4 Å². The lowest BCUT2D eigenvalue weighted by molar-refractivity contribution is -0.163. The highest BCUT2D eigenvalue weighted by molar-refractivity contribution is 5.70. The largest absolute Gasteiger partial charge is 0.465 e. The van der Waals surface area contributed by atoms with Gasteiger partial charge in [0.15, 0.2) is 0 Å². The highest BCUT2D eigenvalue weighted by Gasteiger charge is 2.37. The van der Waals surface area contributed by atoms with E-state index >= 15 is 0 Å². The van der Waals surface area contributed by atoms with Crippen LogP contribution < -0.4 is 0 Å². The fourth-order valence-electron chi connectivity index (χ4n) is 13.1. The Morgan fingerprint density at radius 1 is 0.183 bits per heavy atom. The first-order chi connectivity index (χ1) is 45.6. The van der Waals surface area contributed by atoms with E-state index in [4.69, 9.17) is 23.7 Å². The number of carbonyl (C=O) groups is 4. The molecular formula is C84H162O9. The molecular weight excluding hydrogens is 1150 g/mol. The first-order valence-corrected chi connectivity index (χ1v) is 41.9. The summed E-state index contributed by atoms with van der Waals surface area (Å²) in [5, 5.41) is 0. The Morgan fingerprint density at radius 3 is 0.441 bits per heavy atom. The molecule has 0 fully saturated rings. The van der Waals surface area contributed by atoms with Gasteiger partial charge in [-0.2, -0.15) is 0 Å². The minimum Gasteiger partial charge on any atom is -0.465 e. The zero-order chi connectivity index (χ0) is 67.8. The molecule has 9 nitrogen and oxygen atoms in total. The van der Waals surface area contributed by atoms with Gasteiger partial charge in [-0.1, -0.05) is 401 Å². The van der Waals surface area contributed by atoms with Crippen molar-refractivity contribution in [2.45, 2.75) is 465 Å². The van der Waals surface area contributed by atoms with Crippen LogP contribution in [0.1, 0.15) is 465 Å². The Hall–Kier alpha value is -2.16. The van der Waals surface area contributed by atoms with E-state index in [1.165, 1.54) is 308 Å². The highest BCUT2D eigenvalue weighted by atomic mass is 16.6. The number of rotatable bonds is 78. The number of unbranched alkanes of at least 4 members (excludes halogenated alkanes) is 56. The molecule has 0 aromatic carbocycles. The highest BCUT2D eigenvalue weighted by Crippen LogP contribution is 2.30. The van der Waals surface area contributed by atoms with Gasteiger partial charge in [-0.25, -0.2) is 0 Å². The van der Waals surface area contributed by atoms with Crippen molar-refractivity contribution in [1.82, 2.24) is 0 Å². The molecule has 0 amide bonds. The molecule has 0 aliphatic carbocycles. The van der Waals surface area contributed by atoms with Crippen molar-refractivity contribution in [2.75, 3.05) is 39.6 Å². The number of hydrogen-bond acceptors (Lipinski definition) is 9. The lowest BCUT2D eigenvalue weighted by atomic mass is 9.86. The quantitative estimate of drug-likeness (QED) is 0.0334. The van der Waals surface area contributed by atoms with Gasteiger partial charge in [0.05, 0.1) is 24.0 Å². The molecule has 0 aliphatic rings. The van der Waals surface area contributed by atoms with Gasteiger partial charge in [0, 0.05) is 25.7 Å². The summed E-state index contributed by atoms with van der Waals surface area (Å²) in [4.78, 5) is 53.6. The second-order valence-corrected chi connectivity index (χ2v) is 29.6. The summed E-state index contributed by atoms with van der Waals surface area (Å²) in [6, 6.07) is 0. The molecule has 0 bridgehead atoms. The molecule has 0 spiro atoms. The molecule has 552 valence electrons. The smallest absolute Gasteiger partial charge is 0.305 e. The van der Waals surface area contributed by atoms with Crippen molar-refractivity contribution in [3.05, 3.63) is 0 Å². The molecule has 0 aliphatic heterocycles. The number of ether oxygens (including phenoxy) is 5. The van der Waals surface area contributed by atoms with Crippen LogP contribution in [0.4, 0.5) is 0 Å². The van der Waals surface area contributed by atoms with Crippen molar-refractivity contribution < 1.29 is 42.9 Å². The van der Waals surface area contributed by atoms with E-state index in [2.05, 4.69) is 27.7 Å². The maximum atomic E-state index is 13.4. The Morgan fingerprint density at radius 2 is 0.312 bits per heavy atom. The zero-order valence-corrected chi connectivity index (χ0v) is 63.6. The van der Waals surface area contributed by atoms with E-state index in [0.29, 0.717) is 38.5 Å². The second kappa shape index (κ2) is 72.6. The zero-order valence-electron chi connectivity index (χ0n) is 63.6. The third kappa shape index (κ3) is 64.3. The minimum atomic E-state index is -0.774. The normalized spacial score (nSPS) is 11.8. The first-order valence-electron chi connectivity index (χ1n) is 41.9.